The minimum absolute atomic E-state index is 0.233. The molecule has 1 aromatic carbocycles. The third-order valence-electron chi connectivity index (χ3n) is 2.38. The van der Waals surface area contributed by atoms with Crippen LogP contribution in [0.25, 0.3) is 11.0 Å². The molecule has 98 valence electrons. The van der Waals surface area contributed by atoms with Gasteiger partial charge in [-0.25, -0.2) is 4.98 Å². The summed E-state index contributed by atoms with van der Waals surface area (Å²) in [7, 11) is 1.71. The Morgan fingerprint density at radius 1 is 1.50 bits per heavy atom. The monoisotopic (exact) mass is 372 g/mol. The summed E-state index contributed by atoms with van der Waals surface area (Å²) in [5, 5.41) is 0. The largest absolute Gasteiger partial charge is 0.491 e. The first kappa shape index (κ1) is 11.6. The van der Waals surface area contributed by atoms with E-state index in [1.165, 1.54) is 6.92 Å². The van der Waals surface area contributed by atoms with Gasteiger partial charge in [0.15, 0.2) is 5.82 Å². The van der Waals surface area contributed by atoms with Gasteiger partial charge in [-0.2, -0.15) is 0 Å². The van der Waals surface area contributed by atoms with Gasteiger partial charge in [0.05, 0.1) is 14.8 Å². The summed E-state index contributed by atoms with van der Waals surface area (Å²) in [5.74, 6) is 0.509. The van der Waals surface area contributed by atoms with Gasteiger partial charge in [-0.1, -0.05) is 50.7 Å². The van der Waals surface area contributed by atoms with Gasteiger partial charge in [0.2, 0.25) is 3.79 Å². The van der Waals surface area contributed by atoms with E-state index >= 15 is 0 Å². The van der Waals surface area contributed by atoms with E-state index in [9.17, 15) is 0 Å². The van der Waals surface area contributed by atoms with Gasteiger partial charge < -0.3 is 9.30 Å². The Balaban J connectivity index is 2.71. The van der Waals surface area contributed by atoms with Crippen LogP contribution in [0.5, 0.6) is 5.75 Å². The molecule has 2 rings (SSSR count). The molecule has 1 aromatic heterocycles. The van der Waals surface area contributed by atoms with Gasteiger partial charge in [0.25, 0.3) is 0 Å². The van der Waals surface area contributed by atoms with Crippen molar-refractivity contribution in [1.29, 1.82) is 0 Å². The first-order chi connectivity index (χ1) is 8.99. The fourth-order valence-electron chi connectivity index (χ4n) is 1.66. The molecule has 1 heterocycles. The SMILES string of the molecule is [2H]C([2H])(C)Oc1cc(Br)cc2c1nc(C(Cl)(Cl)Cl)n2C. The summed E-state index contributed by atoms with van der Waals surface area (Å²) in [6.07, 6.45) is 0. The van der Waals surface area contributed by atoms with Gasteiger partial charge >= 0.3 is 0 Å². The van der Waals surface area contributed by atoms with E-state index in [0.29, 0.717) is 15.5 Å². The molecule has 0 aliphatic rings. The molecule has 0 radical (unpaired) electrons. The van der Waals surface area contributed by atoms with Crippen LogP contribution in [0, 0.1) is 0 Å². The number of aryl methyl sites for hydroxylation is 1. The Bertz CT molecular complexity index is 664. The van der Waals surface area contributed by atoms with Crippen molar-refractivity contribution >= 4 is 61.8 Å². The number of benzene rings is 1. The third kappa shape index (κ3) is 2.57. The maximum absolute atomic E-state index is 7.51. The predicted molar refractivity (Wildman–Crippen MR) is 78.8 cm³/mol. The van der Waals surface area contributed by atoms with Gasteiger partial charge in [-0.3, -0.25) is 0 Å². The van der Waals surface area contributed by atoms with Crippen LogP contribution in [0.15, 0.2) is 16.6 Å². The lowest BCUT2D eigenvalue weighted by Crippen LogP contribution is -2.08. The van der Waals surface area contributed by atoms with Crippen molar-refractivity contribution in [3.05, 3.63) is 22.4 Å². The lowest BCUT2D eigenvalue weighted by molar-refractivity contribution is 0.343. The summed E-state index contributed by atoms with van der Waals surface area (Å²) >= 11 is 21.0. The number of rotatable bonds is 2. The van der Waals surface area contributed by atoms with E-state index in [1.807, 2.05) is 0 Å². The molecule has 0 N–H and O–H groups in total. The fourth-order valence-corrected chi connectivity index (χ4v) is 2.60. The molecule has 18 heavy (non-hydrogen) atoms. The standard InChI is InChI=1S/C11H10BrCl3N2O/c1-3-18-8-5-6(12)4-7-9(8)16-10(17(7)2)11(13,14)15/h4-5H,3H2,1-2H3/i3D2. The molecule has 0 spiro atoms. The maximum atomic E-state index is 7.51. The van der Waals surface area contributed by atoms with E-state index < -0.39 is 10.4 Å². The smallest absolute Gasteiger partial charge is 0.248 e. The summed E-state index contributed by atoms with van der Waals surface area (Å²) in [6.45, 7) is -0.538. The van der Waals surface area contributed by atoms with E-state index in [0.717, 1.165) is 0 Å². The molecule has 0 aliphatic carbocycles. The molecule has 7 heteroatoms. The van der Waals surface area contributed by atoms with E-state index in [2.05, 4.69) is 20.9 Å². The predicted octanol–water partition coefficient (Wildman–Crippen LogP) is 4.56. The number of halogens is 4. The van der Waals surface area contributed by atoms with Gasteiger partial charge in [-0.05, 0) is 19.1 Å². The minimum Gasteiger partial charge on any atom is -0.491 e. The Morgan fingerprint density at radius 2 is 2.17 bits per heavy atom. The Morgan fingerprint density at radius 3 is 2.72 bits per heavy atom. The number of aromatic nitrogens is 2. The van der Waals surface area contributed by atoms with Gasteiger partial charge in [0.1, 0.15) is 11.3 Å². The number of ether oxygens (including phenoxy) is 1. The molecular formula is C11H10BrCl3N2O. The average Bonchev–Trinajstić information content (AvgIpc) is 2.53. The second kappa shape index (κ2) is 5.08. The molecule has 0 fully saturated rings. The molecular weight excluding hydrogens is 362 g/mol. The van der Waals surface area contributed by atoms with Crippen molar-refractivity contribution in [2.75, 3.05) is 6.56 Å². The first-order valence-corrected chi connectivity index (χ1v) is 6.84. The van der Waals surface area contributed by atoms with Crippen LogP contribution in [0.4, 0.5) is 0 Å². The third-order valence-corrected chi connectivity index (χ3v) is 3.35. The molecule has 0 unspecified atom stereocenters. The van der Waals surface area contributed by atoms with Crippen molar-refractivity contribution in [3.63, 3.8) is 0 Å². The Hall–Kier alpha value is -0.160. The molecule has 2 aromatic rings. The maximum Gasteiger partial charge on any atom is 0.248 e. The number of hydrogen-bond donors (Lipinski definition) is 0. The van der Waals surface area contributed by atoms with Crippen LogP contribution in [-0.4, -0.2) is 16.1 Å². The van der Waals surface area contributed by atoms with Gasteiger partial charge in [-0.15, -0.1) is 0 Å². The fraction of sp³-hybridized carbons (Fsp3) is 0.364. The van der Waals surface area contributed by atoms with Crippen molar-refractivity contribution in [3.8, 4) is 5.75 Å². The number of alkyl halides is 3. The van der Waals surface area contributed by atoms with E-state index in [4.69, 9.17) is 42.3 Å². The molecule has 0 aliphatic heterocycles. The van der Waals surface area contributed by atoms with Crippen LogP contribution >= 0.6 is 50.7 Å². The number of fused-ring (bicyclic) bond motifs is 1. The number of hydrogen-bond acceptors (Lipinski definition) is 2. The van der Waals surface area contributed by atoms with Crippen LogP contribution in [0.1, 0.15) is 15.5 Å². The second-order valence-electron chi connectivity index (χ2n) is 3.57. The van der Waals surface area contributed by atoms with Crippen LogP contribution in [0.2, 0.25) is 0 Å². The zero-order valence-corrected chi connectivity index (χ0v) is 13.3. The first-order valence-electron chi connectivity index (χ1n) is 5.91. The van der Waals surface area contributed by atoms with Crippen LogP contribution in [-0.2, 0) is 10.8 Å². The van der Waals surface area contributed by atoms with E-state index in [-0.39, 0.29) is 11.6 Å². The molecule has 0 saturated carbocycles. The lowest BCUT2D eigenvalue weighted by atomic mass is 10.3. The number of nitrogens with zero attached hydrogens (tertiary/aromatic N) is 2. The molecule has 3 nitrogen and oxygen atoms in total. The van der Waals surface area contributed by atoms with Crippen molar-refractivity contribution in [1.82, 2.24) is 9.55 Å². The summed E-state index contributed by atoms with van der Waals surface area (Å²) < 4.78 is 21.0. The molecule has 0 bridgehead atoms. The topological polar surface area (TPSA) is 27.1 Å². The van der Waals surface area contributed by atoms with Crippen molar-refractivity contribution < 1.29 is 7.48 Å². The zero-order chi connectivity index (χ0) is 15.3. The van der Waals surface area contributed by atoms with Gasteiger partial charge in [0, 0.05) is 11.5 Å². The highest BCUT2D eigenvalue weighted by molar-refractivity contribution is 9.10. The normalized spacial score (nSPS) is 14.6. The van der Waals surface area contributed by atoms with Crippen molar-refractivity contribution in [2.45, 2.75) is 10.7 Å². The lowest BCUT2D eigenvalue weighted by Gasteiger charge is -2.09. The summed E-state index contributed by atoms with van der Waals surface area (Å²) in [5.41, 5.74) is 1.10. The summed E-state index contributed by atoms with van der Waals surface area (Å²) in [4.78, 5) is 4.26. The quantitative estimate of drug-likeness (QED) is 0.721. The average molecular weight is 374 g/mol. The van der Waals surface area contributed by atoms with Crippen molar-refractivity contribution in [2.24, 2.45) is 7.05 Å². The summed E-state index contributed by atoms with van der Waals surface area (Å²) in [6, 6.07) is 3.42. The molecule has 0 saturated heterocycles. The molecule has 0 atom stereocenters. The highest BCUT2D eigenvalue weighted by atomic mass is 79.9. The second-order valence-corrected chi connectivity index (χ2v) is 6.77. The van der Waals surface area contributed by atoms with Crippen LogP contribution < -0.4 is 4.74 Å². The van der Waals surface area contributed by atoms with Crippen LogP contribution in [0.3, 0.4) is 0 Å². The Labute approximate surface area is 131 Å². The van der Waals surface area contributed by atoms with E-state index in [1.54, 1.807) is 23.7 Å². The highest BCUT2D eigenvalue weighted by Crippen LogP contribution is 2.40. The zero-order valence-electron chi connectivity index (χ0n) is 11.5. The Kier molecular flexibility index (Phi) is 3.29. The minimum atomic E-state index is -1.84. The highest BCUT2D eigenvalue weighted by Gasteiger charge is 2.30. The molecule has 0 amide bonds. The number of imidazole rings is 1.